The van der Waals surface area contributed by atoms with Gasteiger partial charge in [-0.15, -0.1) is 0 Å². The van der Waals surface area contributed by atoms with E-state index < -0.39 is 0 Å². The standard InChI is InChI=1S/C7H6N4O/c8-11(12)6-3-1-2-5-7(6)10-4-9-5/h1-3H,(H2,8,12)(H,9,10)/q+1. The Kier molecular flexibility index (Phi) is 1.30. The molecule has 1 heterocycles. The van der Waals surface area contributed by atoms with Crippen molar-refractivity contribution in [3.63, 3.8) is 0 Å². The highest BCUT2D eigenvalue weighted by Crippen LogP contribution is 2.19. The van der Waals surface area contributed by atoms with Crippen molar-refractivity contribution in [1.82, 2.24) is 9.97 Å². The van der Waals surface area contributed by atoms with E-state index in [0.29, 0.717) is 11.2 Å². The molecule has 0 spiro atoms. The molecule has 1 aromatic heterocycles. The first-order valence-corrected chi connectivity index (χ1v) is 3.36. The van der Waals surface area contributed by atoms with Crippen LogP contribution in [0.4, 0.5) is 5.69 Å². The van der Waals surface area contributed by atoms with Crippen molar-refractivity contribution in [3.8, 4) is 0 Å². The third kappa shape index (κ3) is 0.833. The number of hydrogen-bond acceptors (Lipinski definition) is 2. The first-order chi connectivity index (χ1) is 5.79. The van der Waals surface area contributed by atoms with Gasteiger partial charge in [0.2, 0.25) is 0 Å². The van der Waals surface area contributed by atoms with Crippen molar-refractivity contribution in [2.75, 3.05) is 0 Å². The summed E-state index contributed by atoms with van der Waals surface area (Å²) in [7, 11) is 0. The van der Waals surface area contributed by atoms with Gasteiger partial charge in [-0.25, -0.2) is 4.98 Å². The van der Waals surface area contributed by atoms with E-state index in [9.17, 15) is 4.91 Å². The molecule has 3 N–H and O–H groups in total. The molecule has 2 aromatic rings. The molecule has 0 aliphatic heterocycles. The monoisotopic (exact) mass is 162 g/mol. The number of nitroso groups, excluding NO2 is 1. The summed E-state index contributed by atoms with van der Waals surface area (Å²) in [6.45, 7) is 0. The number of H-pyrrole nitrogens is 1. The second-order valence-corrected chi connectivity index (χ2v) is 2.35. The van der Waals surface area contributed by atoms with Gasteiger partial charge in [0.25, 0.3) is 0 Å². The Hall–Kier alpha value is -1.91. The van der Waals surface area contributed by atoms with Crippen LogP contribution < -0.4 is 5.84 Å². The van der Waals surface area contributed by atoms with E-state index in [-0.39, 0.29) is 4.87 Å². The Bertz CT molecular complexity index is 434. The van der Waals surface area contributed by atoms with Crippen molar-refractivity contribution < 1.29 is 4.87 Å². The summed E-state index contributed by atoms with van der Waals surface area (Å²) in [5.74, 6) is 5.05. The molecule has 0 saturated carbocycles. The average molecular weight is 162 g/mol. The number of nitrogens with one attached hydrogen (secondary N) is 1. The van der Waals surface area contributed by atoms with Gasteiger partial charge in [0.15, 0.2) is 16.7 Å². The minimum absolute atomic E-state index is 0.289. The van der Waals surface area contributed by atoms with Gasteiger partial charge in [0.05, 0.1) is 10.4 Å². The Morgan fingerprint density at radius 2 is 2.42 bits per heavy atom. The first kappa shape index (κ1) is 6.78. The van der Waals surface area contributed by atoms with Crippen LogP contribution in [-0.2, 0) is 0 Å². The molecule has 5 nitrogen and oxygen atoms in total. The van der Waals surface area contributed by atoms with E-state index in [1.165, 1.54) is 0 Å². The molecular weight excluding hydrogens is 156 g/mol. The van der Waals surface area contributed by atoms with Crippen LogP contribution in [0, 0.1) is 11.2 Å². The van der Waals surface area contributed by atoms with Gasteiger partial charge in [-0.05, 0) is 6.07 Å². The maximum atomic E-state index is 10.8. The highest BCUT2D eigenvalue weighted by Gasteiger charge is 2.15. The molecule has 0 bridgehead atoms. The zero-order valence-electron chi connectivity index (χ0n) is 6.11. The van der Waals surface area contributed by atoms with E-state index in [1.54, 1.807) is 18.2 Å². The van der Waals surface area contributed by atoms with Crippen molar-refractivity contribution in [2.45, 2.75) is 0 Å². The molecule has 0 aliphatic carbocycles. The fourth-order valence-corrected chi connectivity index (χ4v) is 1.07. The Balaban J connectivity index is 2.82. The molecule has 0 aliphatic rings. The number of rotatable bonds is 1. The van der Waals surface area contributed by atoms with Crippen molar-refractivity contribution in [1.29, 1.82) is 0 Å². The average Bonchev–Trinajstić information content (AvgIpc) is 2.49. The molecule has 0 fully saturated rings. The van der Waals surface area contributed by atoms with E-state index in [1.807, 2.05) is 0 Å². The Morgan fingerprint density at radius 1 is 1.58 bits per heavy atom. The predicted molar refractivity (Wildman–Crippen MR) is 42.4 cm³/mol. The minimum atomic E-state index is 0.289. The van der Waals surface area contributed by atoms with Gasteiger partial charge in [-0.3, -0.25) is 0 Å². The van der Waals surface area contributed by atoms with Crippen molar-refractivity contribution >= 4 is 16.7 Å². The second-order valence-electron chi connectivity index (χ2n) is 2.35. The van der Waals surface area contributed by atoms with Crippen LogP contribution in [0.25, 0.3) is 11.0 Å². The number of benzene rings is 1. The van der Waals surface area contributed by atoms with Gasteiger partial charge < -0.3 is 4.98 Å². The fraction of sp³-hybridized carbons (Fsp3) is 0. The van der Waals surface area contributed by atoms with Gasteiger partial charge in [-0.2, -0.15) is 5.84 Å². The molecule has 0 unspecified atom stereocenters. The van der Waals surface area contributed by atoms with Crippen LogP contribution in [0.3, 0.4) is 0 Å². The molecule has 5 heteroatoms. The zero-order valence-corrected chi connectivity index (χ0v) is 6.11. The number of aromatic nitrogens is 2. The summed E-state index contributed by atoms with van der Waals surface area (Å²) in [6.07, 6.45) is 2.54. The molecule has 12 heavy (non-hydrogen) atoms. The lowest BCUT2D eigenvalue weighted by atomic mass is 10.3. The number of para-hydroxylation sites is 1. The van der Waals surface area contributed by atoms with Crippen LogP contribution in [-0.4, -0.2) is 14.8 Å². The van der Waals surface area contributed by atoms with Gasteiger partial charge in [0, 0.05) is 6.07 Å². The summed E-state index contributed by atoms with van der Waals surface area (Å²) in [5.41, 5.74) is 1.62. The lowest BCUT2D eigenvalue weighted by Crippen LogP contribution is -2.08. The summed E-state index contributed by atoms with van der Waals surface area (Å²) in [6, 6.07) is 5.12. The molecule has 1 radical (unpaired) electrons. The van der Waals surface area contributed by atoms with Gasteiger partial charge in [-0.1, -0.05) is 6.07 Å². The SMILES string of the molecule is N[N+](=O)c1cccc2[nH][c]nc12. The van der Waals surface area contributed by atoms with E-state index in [4.69, 9.17) is 5.84 Å². The smallest absolute Gasteiger partial charge is 0.319 e. The Labute approximate surface area is 67.8 Å². The second kappa shape index (κ2) is 2.30. The van der Waals surface area contributed by atoms with Crippen LogP contribution in [0.2, 0.25) is 0 Å². The van der Waals surface area contributed by atoms with Crippen LogP contribution >= 0.6 is 0 Å². The van der Waals surface area contributed by atoms with E-state index in [0.717, 1.165) is 5.52 Å². The van der Waals surface area contributed by atoms with Gasteiger partial charge >= 0.3 is 5.69 Å². The van der Waals surface area contributed by atoms with Gasteiger partial charge in [0.1, 0.15) is 0 Å². The van der Waals surface area contributed by atoms with Crippen molar-refractivity contribution in [2.24, 2.45) is 5.84 Å². The summed E-state index contributed by atoms with van der Waals surface area (Å²) < 4.78 is 0. The summed E-state index contributed by atoms with van der Waals surface area (Å²) in [4.78, 5) is 17.7. The molecule has 59 valence electrons. The van der Waals surface area contributed by atoms with Crippen molar-refractivity contribution in [3.05, 3.63) is 29.4 Å². The number of nitrogens with two attached hydrogens (primary N) is 1. The van der Waals surface area contributed by atoms with Crippen LogP contribution in [0.5, 0.6) is 0 Å². The maximum absolute atomic E-state index is 10.8. The van der Waals surface area contributed by atoms with Crippen LogP contribution in [0.1, 0.15) is 0 Å². The maximum Gasteiger partial charge on any atom is 0.319 e. The largest absolute Gasteiger partial charge is 0.335 e. The third-order valence-electron chi connectivity index (χ3n) is 1.61. The molecule has 1 aromatic carbocycles. The molecular formula is C7H6N4O+. The number of nitrogens with zero attached hydrogens (tertiary/aromatic N) is 2. The summed E-state index contributed by atoms with van der Waals surface area (Å²) in [5, 5.41) is 0. The third-order valence-corrected chi connectivity index (χ3v) is 1.61. The number of imidazole rings is 1. The normalized spacial score (nSPS) is 10.3. The summed E-state index contributed by atoms with van der Waals surface area (Å²) >= 11 is 0. The fourth-order valence-electron chi connectivity index (χ4n) is 1.07. The number of fused-ring (bicyclic) bond motifs is 1. The molecule has 0 amide bonds. The predicted octanol–water partition coefficient (Wildman–Crippen LogP) is 0.647. The topological polar surface area (TPSA) is 74.8 Å². The molecule has 2 rings (SSSR count). The lowest BCUT2D eigenvalue weighted by molar-refractivity contribution is -0.473. The van der Waals surface area contributed by atoms with E-state index in [2.05, 4.69) is 16.3 Å². The Morgan fingerprint density at radius 3 is 3.17 bits per heavy atom. The number of hydrazine groups is 1. The lowest BCUT2D eigenvalue weighted by Gasteiger charge is -1.86. The zero-order chi connectivity index (χ0) is 8.55. The van der Waals surface area contributed by atoms with Crippen LogP contribution in [0.15, 0.2) is 18.2 Å². The number of hydrogen-bond donors (Lipinski definition) is 2. The van der Waals surface area contributed by atoms with E-state index >= 15 is 0 Å². The first-order valence-electron chi connectivity index (χ1n) is 3.36. The molecule has 0 saturated heterocycles. The number of aromatic amines is 1. The highest BCUT2D eigenvalue weighted by atomic mass is 16.3. The highest BCUT2D eigenvalue weighted by molar-refractivity contribution is 5.83. The quantitative estimate of drug-likeness (QED) is 0.367. The minimum Gasteiger partial charge on any atom is -0.335 e. The molecule has 0 atom stereocenters.